The van der Waals surface area contributed by atoms with Crippen molar-refractivity contribution in [3.05, 3.63) is 41.7 Å². The minimum absolute atomic E-state index is 0.486. The number of rotatable bonds is 0. The summed E-state index contributed by atoms with van der Waals surface area (Å²) in [5.41, 5.74) is 4.18. The van der Waals surface area contributed by atoms with Gasteiger partial charge in [-0.1, -0.05) is 6.07 Å². The van der Waals surface area contributed by atoms with Gasteiger partial charge in [-0.25, -0.2) is 0 Å². The lowest BCUT2D eigenvalue weighted by molar-refractivity contribution is 0.617. The summed E-state index contributed by atoms with van der Waals surface area (Å²) in [5, 5.41) is 3.44. The Hall–Kier alpha value is -1.28. The molecule has 1 N–H and O–H groups in total. The van der Waals surface area contributed by atoms with Gasteiger partial charge in [0.2, 0.25) is 0 Å². The molecule has 66 valence electrons. The Morgan fingerprint density at radius 1 is 1.46 bits per heavy atom. The van der Waals surface area contributed by atoms with Crippen LogP contribution in [0.5, 0.6) is 0 Å². The topological polar surface area (TPSA) is 16.4 Å². The van der Waals surface area contributed by atoms with Crippen molar-refractivity contribution in [1.82, 2.24) is 9.72 Å². The Kier molecular flexibility index (Phi) is 1.30. The van der Waals surface area contributed by atoms with Crippen LogP contribution in [0.3, 0.4) is 0 Å². The third-order valence-electron chi connectivity index (χ3n) is 2.81. The summed E-state index contributed by atoms with van der Waals surface area (Å²) in [7, 11) is 0. The lowest BCUT2D eigenvalue weighted by Gasteiger charge is -2.05. The van der Waals surface area contributed by atoms with Gasteiger partial charge in [-0.15, -0.1) is 0 Å². The summed E-state index contributed by atoms with van der Waals surface area (Å²) in [6.07, 6.45) is 2.14. The summed E-state index contributed by atoms with van der Waals surface area (Å²) in [6.45, 7) is 3.23. The maximum absolute atomic E-state index is 3.44. The van der Waals surface area contributed by atoms with Gasteiger partial charge in [-0.3, -0.25) is 0 Å². The highest BCUT2D eigenvalue weighted by atomic mass is 15.0. The second-order valence-corrected chi connectivity index (χ2v) is 3.65. The SMILES string of the molecule is CC1NCc2cc3ccccn3c21. The zero-order chi connectivity index (χ0) is 8.84. The van der Waals surface area contributed by atoms with Crippen LogP contribution in [0.1, 0.15) is 24.2 Å². The maximum atomic E-state index is 3.44. The van der Waals surface area contributed by atoms with Gasteiger partial charge in [0.15, 0.2) is 0 Å². The molecule has 0 spiro atoms. The molecule has 2 heteroatoms. The van der Waals surface area contributed by atoms with E-state index in [4.69, 9.17) is 0 Å². The molecule has 0 bridgehead atoms. The van der Waals surface area contributed by atoms with Crippen molar-refractivity contribution in [2.45, 2.75) is 19.5 Å². The van der Waals surface area contributed by atoms with E-state index in [1.807, 2.05) is 0 Å². The van der Waals surface area contributed by atoms with E-state index in [-0.39, 0.29) is 0 Å². The lowest BCUT2D eigenvalue weighted by atomic mass is 10.2. The van der Waals surface area contributed by atoms with Crippen LogP contribution < -0.4 is 5.32 Å². The quantitative estimate of drug-likeness (QED) is 0.643. The highest BCUT2D eigenvalue weighted by Crippen LogP contribution is 2.27. The summed E-state index contributed by atoms with van der Waals surface area (Å²) >= 11 is 0. The second-order valence-electron chi connectivity index (χ2n) is 3.65. The van der Waals surface area contributed by atoms with Gasteiger partial charge in [-0.2, -0.15) is 0 Å². The molecule has 0 saturated heterocycles. The zero-order valence-corrected chi connectivity index (χ0v) is 7.62. The highest BCUT2D eigenvalue weighted by Gasteiger charge is 2.21. The van der Waals surface area contributed by atoms with Crippen molar-refractivity contribution in [3.63, 3.8) is 0 Å². The molecule has 2 aromatic heterocycles. The standard InChI is InChI=1S/C11H12N2/c1-8-11-9(7-12-8)6-10-4-2-3-5-13(10)11/h2-6,8,12H,7H2,1H3. The van der Waals surface area contributed by atoms with Crippen molar-refractivity contribution in [2.24, 2.45) is 0 Å². The number of hydrogen-bond acceptors (Lipinski definition) is 1. The van der Waals surface area contributed by atoms with E-state index in [0.717, 1.165) is 6.54 Å². The fraction of sp³-hybridized carbons (Fsp3) is 0.273. The molecule has 0 aliphatic carbocycles. The molecule has 0 saturated carbocycles. The lowest BCUT2D eigenvalue weighted by Crippen LogP contribution is -2.09. The molecule has 0 fully saturated rings. The van der Waals surface area contributed by atoms with E-state index < -0.39 is 0 Å². The molecule has 2 nitrogen and oxygen atoms in total. The predicted octanol–water partition coefficient (Wildman–Crippen LogP) is 2.10. The first-order valence-electron chi connectivity index (χ1n) is 4.68. The van der Waals surface area contributed by atoms with Gasteiger partial charge in [0.1, 0.15) is 0 Å². The largest absolute Gasteiger partial charge is 0.319 e. The number of fused-ring (bicyclic) bond motifs is 3. The van der Waals surface area contributed by atoms with Gasteiger partial charge in [0.05, 0.1) is 0 Å². The first-order valence-corrected chi connectivity index (χ1v) is 4.68. The Labute approximate surface area is 77.2 Å². The Morgan fingerprint density at radius 3 is 3.31 bits per heavy atom. The van der Waals surface area contributed by atoms with Crippen molar-refractivity contribution < 1.29 is 0 Å². The number of aromatic nitrogens is 1. The van der Waals surface area contributed by atoms with E-state index in [2.05, 4.69) is 47.1 Å². The number of hydrogen-bond donors (Lipinski definition) is 1. The van der Waals surface area contributed by atoms with Crippen LogP contribution in [0, 0.1) is 0 Å². The van der Waals surface area contributed by atoms with Crippen LogP contribution >= 0.6 is 0 Å². The molecule has 1 aliphatic rings. The van der Waals surface area contributed by atoms with Crippen LogP contribution in [-0.4, -0.2) is 4.40 Å². The Balaban J connectivity index is 2.40. The van der Waals surface area contributed by atoms with Crippen LogP contribution in [0.2, 0.25) is 0 Å². The first kappa shape index (κ1) is 7.15. The van der Waals surface area contributed by atoms with Crippen molar-refractivity contribution in [2.75, 3.05) is 0 Å². The number of pyridine rings is 1. The van der Waals surface area contributed by atoms with Crippen LogP contribution in [0.15, 0.2) is 30.5 Å². The fourth-order valence-electron chi connectivity index (χ4n) is 2.19. The van der Waals surface area contributed by atoms with E-state index in [9.17, 15) is 0 Å². The average molecular weight is 172 g/mol. The predicted molar refractivity (Wildman–Crippen MR) is 52.7 cm³/mol. The first-order chi connectivity index (χ1) is 6.36. The number of nitrogens with zero attached hydrogens (tertiary/aromatic N) is 1. The molecular weight excluding hydrogens is 160 g/mol. The van der Waals surface area contributed by atoms with E-state index in [0.29, 0.717) is 6.04 Å². The second kappa shape index (κ2) is 2.36. The summed E-state index contributed by atoms with van der Waals surface area (Å²) < 4.78 is 2.28. The fourth-order valence-corrected chi connectivity index (χ4v) is 2.19. The minimum atomic E-state index is 0.486. The molecule has 13 heavy (non-hydrogen) atoms. The molecule has 1 unspecified atom stereocenters. The molecule has 0 amide bonds. The van der Waals surface area contributed by atoms with E-state index in [1.54, 1.807) is 0 Å². The van der Waals surface area contributed by atoms with Crippen molar-refractivity contribution in [1.29, 1.82) is 0 Å². The molecule has 1 atom stereocenters. The molecule has 3 heterocycles. The van der Waals surface area contributed by atoms with Gasteiger partial charge < -0.3 is 9.72 Å². The third-order valence-corrected chi connectivity index (χ3v) is 2.81. The molecule has 0 aromatic carbocycles. The molecule has 2 aromatic rings. The van der Waals surface area contributed by atoms with Gasteiger partial charge in [0, 0.05) is 30.0 Å². The van der Waals surface area contributed by atoms with Gasteiger partial charge in [0.25, 0.3) is 0 Å². The molecule has 3 rings (SSSR count). The average Bonchev–Trinajstić information content (AvgIpc) is 2.66. The van der Waals surface area contributed by atoms with E-state index in [1.165, 1.54) is 16.8 Å². The zero-order valence-electron chi connectivity index (χ0n) is 7.62. The molecular formula is C11H12N2. The van der Waals surface area contributed by atoms with Crippen LogP contribution in [0.4, 0.5) is 0 Å². The Bertz CT molecular complexity index is 456. The van der Waals surface area contributed by atoms with Gasteiger partial charge in [-0.05, 0) is 30.7 Å². The monoisotopic (exact) mass is 172 g/mol. The summed E-state index contributed by atoms with van der Waals surface area (Å²) in [5.74, 6) is 0. The van der Waals surface area contributed by atoms with Crippen molar-refractivity contribution in [3.8, 4) is 0 Å². The third kappa shape index (κ3) is 0.864. The van der Waals surface area contributed by atoms with Crippen molar-refractivity contribution >= 4 is 5.52 Å². The normalized spacial score (nSPS) is 20.8. The van der Waals surface area contributed by atoms with Crippen LogP contribution in [-0.2, 0) is 6.54 Å². The summed E-state index contributed by atoms with van der Waals surface area (Å²) in [4.78, 5) is 0. The summed E-state index contributed by atoms with van der Waals surface area (Å²) in [6, 6.07) is 9.08. The number of nitrogens with one attached hydrogen (secondary N) is 1. The van der Waals surface area contributed by atoms with Gasteiger partial charge >= 0.3 is 0 Å². The van der Waals surface area contributed by atoms with E-state index >= 15 is 0 Å². The van der Waals surface area contributed by atoms with Crippen LogP contribution in [0.25, 0.3) is 5.52 Å². The minimum Gasteiger partial charge on any atom is -0.319 e. The molecule has 0 radical (unpaired) electrons. The highest BCUT2D eigenvalue weighted by molar-refractivity contribution is 5.55. The Morgan fingerprint density at radius 2 is 2.38 bits per heavy atom. The smallest absolute Gasteiger partial charge is 0.0456 e. The maximum Gasteiger partial charge on any atom is 0.0456 e. The molecule has 1 aliphatic heterocycles.